The summed E-state index contributed by atoms with van der Waals surface area (Å²) in [5.74, 6) is -0.239. The molecule has 0 saturated carbocycles. The molecule has 2 aromatic rings. The van der Waals surface area contributed by atoms with Crippen molar-refractivity contribution in [2.75, 3.05) is 18.6 Å². The molecule has 0 unspecified atom stereocenters. The molecule has 1 aromatic carbocycles. The Balaban J connectivity index is 2.27. The van der Waals surface area contributed by atoms with Crippen molar-refractivity contribution in [2.45, 2.75) is 6.04 Å². The first-order chi connectivity index (χ1) is 10.6. The van der Waals surface area contributed by atoms with Gasteiger partial charge in [0.1, 0.15) is 0 Å². The van der Waals surface area contributed by atoms with E-state index in [-0.39, 0.29) is 12.5 Å². The molecule has 1 aliphatic rings. The van der Waals surface area contributed by atoms with Crippen LogP contribution in [0.5, 0.6) is 0 Å². The van der Waals surface area contributed by atoms with Gasteiger partial charge in [0.05, 0.1) is 23.7 Å². The maximum Gasteiger partial charge on any atom is 0.253 e. The van der Waals surface area contributed by atoms with E-state index in [1.165, 1.54) is 4.90 Å². The number of carbonyl (C=O) groups excluding carboxylic acids is 1. The van der Waals surface area contributed by atoms with Crippen molar-refractivity contribution >= 4 is 33.2 Å². The summed E-state index contributed by atoms with van der Waals surface area (Å²) >= 11 is 3.45. The van der Waals surface area contributed by atoms with Crippen LogP contribution in [0.4, 0.5) is 5.69 Å². The number of halogens is 1. The van der Waals surface area contributed by atoms with E-state index in [2.05, 4.69) is 25.9 Å². The first-order valence-corrected chi connectivity index (χ1v) is 7.58. The Morgan fingerprint density at radius 1 is 1.32 bits per heavy atom. The van der Waals surface area contributed by atoms with E-state index >= 15 is 0 Å². The number of fused-ring (bicyclic) bond motifs is 1. The molecule has 1 N–H and O–H groups in total. The zero-order chi connectivity index (χ0) is 15.7. The molecule has 3 rings (SSSR count). The number of aliphatic hydroxyl groups is 1. The molecule has 0 bridgehead atoms. The van der Waals surface area contributed by atoms with Crippen molar-refractivity contribution in [3.63, 3.8) is 0 Å². The summed E-state index contributed by atoms with van der Waals surface area (Å²) in [6, 6.07) is 10.3. The fourth-order valence-electron chi connectivity index (χ4n) is 2.44. The molecule has 0 spiro atoms. The fourth-order valence-corrected chi connectivity index (χ4v) is 2.80. The first kappa shape index (κ1) is 14.9. The van der Waals surface area contributed by atoms with Gasteiger partial charge in [-0.05, 0) is 30.3 Å². The molecule has 0 fully saturated rings. The highest BCUT2D eigenvalue weighted by Gasteiger charge is 2.29. The molecule has 112 valence electrons. The number of anilines is 1. The van der Waals surface area contributed by atoms with Gasteiger partial charge in [-0.25, -0.2) is 0 Å². The Bertz CT molecular complexity index is 746. The summed E-state index contributed by atoms with van der Waals surface area (Å²) in [5.41, 5.74) is 2.82. The third-order valence-corrected chi connectivity index (χ3v) is 4.05. The molecule has 1 aliphatic heterocycles. The average molecular weight is 360 g/mol. The van der Waals surface area contributed by atoms with E-state index in [9.17, 15) is 9.90 Å². The van der Waals surface area contributed by atoms with E-state index in [4.69, 9.17) is 0 Å². The third-order valence-electron chi connectivity index (χ3n) is 3.56. The van der Waals surface area contributed by atoms with E-state index in [1.54, 1.807) is 13.2 Å². The molecule has 2 heterocycles. The maximum atomic E-state index is 12.4. The third kappa shape index (κ3) is 2.55. The summed E-state index contributed by atoms with van der Waals surface area (Å²) in [4.78, 5) is 22.8. The summed E-state index contributed by atoms with van der Waals surface area (Å²) in [5, 5.41) is 9.52. The number of hydrogen-bond acceptors (Lipinski definition) is 4. The lowest BCUT2D eigenvalue weighted by molar-refractivity contribution is -0.120. The Hall–Kier alpha value is -2.05. The molecule has 0 radical (unpaired) electrons. The number of amides is 1. The lowest BCUT2D eigenvalue weighted by Crippen LogP contribution is -2.36. The SMILES string of the molecule is CN1C(=O)[C@@H](CO)N=C(c2ccccn2)c2cc(Br)ccc21. The van der Waals surface area contributed by atoms with Crippen molar-refractivity contribution < 1.29 is 9.90 Å². The van der Waals surface area contributed by atoms with Gasteiger partial charge < -0.3 is 10.0 Å². The minimum atomic E-state index is -0.826. The normalized spacial score (nSPS) is 17.8. The number of likely N-dealkylation sites (N-methyl/N-ethyl adjacent to an activating group) is 1. The predicted octanol–water partition coefficient (Wildman–Crippen LogP) is 2.02. The molecular formula is C16H14BrN3O2. The number of nitrogens with zero attached hydrogens (tertiary/aromatic N) is 3. The maximum absolute atomic E-state index is 12.4. The number of benzodiazepines with no additional fused rings is 1. The zero-order valence-corrected chi connectivity index (χ0v) is 13.5. The van der Waals surface area contributed by atoms with Crippen LogP contribution in [0.1, 0.15) is 11.3 Å². The van der Waals surface area contributed by atoms with Crippen LogP contribution in [0, 0.1) is 0 Å². The Labute approximate surface area is 136 Å². The van der Waals surface area contributed by atoms with E-state index in [1.807, 2.05) is 36.4 Å². The van der Waals surface area contributed by atoms with Gasteiger partial charge in [-0.3, -0.25) is 14.8 Å². The lowest BCUT2D eigenvalue weighted by atomic mass is 10.0. The number of aliphatic imine (C=N–C) groups is 1. The van der Waals surface area contributed by atoms with Gasteiger partial charge in [-0.15, -0.1) is 0 Å². The fraction of sp³-hybridized carbons (Fsp3) is 0.188. The van der Waals surface area contributed by atoms with E-state index in [0.29, 0.717) is 11.4 Å². The van der Waals surface area contributed by atoms with Crippen LogP contribution in [0.15, 0.2) is 52.1 Å². The van der Waals surface area contributed by atoms with Gasteiger partial charge in [-0.1, -0.05) is 22.0 Å². The molecule has 1 amide bonds. The van der Waals surface area contributed by atoms with Crippen molar-refractivity contribution in [3.8, 4) is 0 Å². The topological polar surface area (TPSA) is 65.8 Å². The van der Waals surface area contributed by atoms with Crippen LogP contribution in [0.2, 0.25) is 0 Å². The smallest absolute Gasteiger partial charge is 0.253 e. The van der Waals surface area contributed by atoms with Crippen molar-refractivity contribution in [2.24, 2.45) is 4.99 Å². The summed E-state index contributed by atoms with van der Waals surface area (Å²) < 4.78 is 0.887. The van der Waals surface area contributed by atoms with Gasteiger partial charge >= 0.3 is 0 Å². The number of carbonyl (C=O) groups is 1. The Morgan fingerprint density at radius 3 is 2.82 bits per heavy atom. The molecular weight excluding hydrogens is 346 g/mol. The molecule has 22 heavy (non-hydrogen) atoms. The van der Waals surface area contributed by atoms with Crippen LogP contribution < -0.4 is 4.90 Å². The van der Waals surface area contributed by atoms with Gasteiger partial charge in [0.15, 0.2) is 6.04 Å². The molecule has 0 saturated heterocycles. The zero-order valence-electron chi connectivity index (χ0n) is 11.9. The molecule has 0 aliphatic carbocycles. The average Bonchev–Trinajstić information content (AvgIpc) is 2.64. The van der Waals surface area contributed by atoms with Crippen molar-refractivity contribution in [3.05, 3.63) is 58.3 Å². The molecule has 5 nitrogen and oxygen atoms in total. The number of benzene rings is 1. The summed E-state index contributed by atoms with van der Waals surface area (Å²) in [6.07, 6.45) is 1.68. The number of aromatic nitrogens is 1. The second-order valence-corrected chi connectivity index (χ2v) is 5.87. The van der Waals surface area contributed by atoms with Crippen molar-refractivity contribution in [1.82, 2.24) is 4.98 Å². The monoisotopic (exact) mass is 359 g/mol. The predicted molar refractivity (Wildman–Crippen MR) is 88.3 cm³/mol. The highest BCUT2D eigenvalue weighted by molar-refractivity contribution is 9.10. The summed E-state index contributed by atoms with van der Waals surface area (Å²) in [7, 11) is 1.69. The van der Waals surface area contributed by atoms with Gasteiger partial charge in [0, 0.05) is 23.3 Å². The number of hydrogen-bond donors (Lipinski definition) is 1. The highest BCUT2D eigenvalue weighted by Crippen LogP contribution is 2.29. The molecule has 6 heteroatoms. The van der Waals surface area contributed by atoms with E-state index in [0.717, 1.165) is 15.7 Å². The van der Waals surface area contributed by atoms with Crippen LogP contribution in [0.25, 0.3) is 0 Å². The largest absolute Gasteiger partial charge is 0.394 e. The van der Waals surface area contributed by atoms with Crippen LogP contribution >= 0.6 is 15.9 Å². The quantitative estimate of drug-likeness (QED) is 0.891. The molecule has 1 atom stereocenters. The standard InChI is InChI=1S/C16H14BrN3O2/c1-20-14-6-5-10(17)8-11(14)15(12-4-2-3-7-18-12)19-13(9-21)16(20)22/h2-8,13,21H,9H2,1H3/t13-/m1/s1. The Kier molecular flexibility index (Phi) is 4.04. The van der Waals surface area contributed by atoms with E-state index < -0.39 is 6.04 Å². The van der Waals surface area contributed by atoms with Crippen molar-refractivity contribution in [1.29, 1.82) is 0 Å². The van der Waals surface area contributed by atoms with Crippen LogP contribution in [0.3, 0.4) is 0 Å². The number of rotatable bonds is 2. The van der Waals surface area contributed by atoms with Gasteiger partial charge in [-0.2, -0.15) is 0 Å². The number of pyridine rings is 1. The minimum Gasteiger partial charge on any atom is -0.394 e. The Morgan fingerprint density at radius 2 is 2.14 bits per heavy atom. The van der Waals surface area contributed by atoms with Crippen LogP contribution in [-0.2, 0) is 4.79 Å². The minimum absolute atomic E-state index is 0.239. The van der Waals surface area contributed by atoms with Crippen LogP contribution in [-0.4, -0.2) is 41.4 Å². The second-order valence-electron chi connectivity index (χ2n) is 4.95. The molecule has 1 aromatic heterocycles. The second kappa shape index (κ2) is 5.98. The first-order valence-electron chi connectivity index (χ1n) is 6.79. The van der Waals surface area contributed by atoms with Gasteiger partial charge in [0.2, 0.25) is 0 Å². The summed E-state index contributed by atoms with van der Waals surface area (Å²) in [6.45, 7) is -0.339. The number of aliphatic hydroxyl groups excluding tert-OH is 1. The van der Waals surface area contributed by atoms with Gasteiger partial charge in [0.25, 0.3) is 5.91 Å². The lowest BCUT2D eigenvalue weighted by Gasteiger charge is -2.19. The highest BCUT2D eigenvalue weighted by atomic mass is 79.9.